The predicted octanol–water partition coefficient (Wildman–Crippen LogP) is 2.16. The van der Waals surface area contributed by atoms with Crippen molar-refractivity contribution in [3.63, 3.8) is 0 Å². The Morgan fingerprint density at radius 3 is 2.62 bits per heavy atom. The Labute approximate surface area is 82.9 Å². The summed E-state index contributed by atoms with van der Waals surface area (Å²) in [4.78, 5) is 0. The average molecular weight is 201 g/mol. The van der Waals surface area contributed by atoms with Crippen LogP contribution in [0, 0.1) is 0 Å². The van der Waals surface area contributed by atoms with E-state index < -0.39 is 8.80 Å². The molecule has 1 rings (SSSR count). The van der Waals surface area contributed by atoms with Crippen LogP contribution in [0.1, 0.15) is 32.1 Å². The number of ether oxygens (including phenoxy) is 1. The van der Waals surface area contributed by atoms with Gasteiger partial charge in [0.05, 0.1) is 20.6 Å². The topological polar surface area (TPSA) is 29.1 Å². The van der Waals surface area contributed by atoms with Crippen molar-refractivity contribution in [1.82, 2.24) is 0 Å². The molecule has 0 saturated carbocycles. The van der Waals surface area contributed by atoms with Crippen molar-refractivity contribution in [1.29, 1.82) is 0 Å². The maximum Gasteiger partial charge on any atom is 0.0823 e. The van der Waals surface area contributed by atoms with Gasteiger partial charge in [-0.1, -0.05) is 13.1 Å². The van der Waals surface area contributed by atoms with Crippen LogP contribution in [0.5, 0.6) is 0 Å². The molecule has 0 bridgehead atoms. The second kappa shape index (κ2) is 5.13. The van der Waals surface area contributed by atoms with E-state index in [9.17, 15) is 5.11 Å². The number of hydrogen-bond donors (Lipinski definition) is 0. The normalized spacial score (nSPS) is 29.5. The molecule has 0 aromatic rings. The number of hydrogen-bond acceptors (Lipinski definition) is 1. The maximum absolute atomic E-state index is 10.5. The summed E-state index contributed by atoms with van der Waals surface area (Å²) in [5, 5.41) is 10.7. The van der Waals surface area contributed by atoms with E-state index in [0.29, 0.717) is 0 Å². The molecule has 1 saturated heterocycles. The van der Waals surface area contributed by atoms with Crippen LogP contribution in [0.4, 0.5) is 0 Å². The van der Waals surface area contributed by atoms with Crippen LogP contribution < -0.4 is 0 Å². The first-order valence-electron chi connectivity index (χ1n) is 5.43. The molecule has 1 radical (unpaired) electrons. The van der Waals surface area contributed by atoms with Crippen molar-refractivity contribution < 1.29 is 9.84 Å². The minimum atomic E-state index is -0.780. The molecule has 1 atom stereocenters. The molecule has 3 heteroatoms. The molecule has 77 valence electrons. The quantitative estimate of drug-likeness (QED) is 0.641. The van der Waals surface area contributed by atoms with Crippen LogP contribution in [0.15, 0.2) is 0 Å². The standard InChI is InChI=1S/C10H21O2Si/c1-13(2)10(7-5-8-11)6-3-4-9-12-10/h13H,3-9H2,1-2H3. The average Bonchev–Trinajstić information content (AvgIpc) is 2.16. The highest BCUT2D eigenvalue weighted by Crippen LogP contribution is 2.31. The van der Waals surface area contributed by atoms with Crippen LogP contribution >= 0.6 is 0 Å². The molecule has 0 aliphatic carbocycles. The van der Waals surface area contributed by atoms with Gasteiger partial charge in [0.2, 0.25) is 0 Å². The zero-order valence-electron chi connectivity index (χ0n) is 8.84. The van der Waals surface area contributed by atoms with E-state index >= 15 is 0 Å². The summed E-state index contributed by atoms with van der Waals surface area (Å²) in [5.41, 5.74) is 0. The van der Waals surface area contributed by atoms with Crippen molar-refractivity contribution >= 4 is 8.80 Å². The first-order valence-corrected chi connectivity index (χ1v) is 8.32. The van der Waals surface area contributed by atoms with Crippen LogP contribution in [-0.2, 0) is 9.84 Å². The molecule has 1 aliphatic heterocycles. The van der Waals surface area contributed by atoms with E-state index in [1.165, 1.54) is 19.3 Å². The van der Waals surface area contributed by atoms with Crippen molar-refractivity contribution in [2.24, 2.45) is 0 Å². The Morgan fingerprint density at radius 2 is 2.15 bits per heavy atom. The summed E-state index contributed by atoms with van der Waals surface area (Å²) in [6.45, 7) is 5.67. The third kappa shape index (κ3) is 2.79. The molecule has 1 fully saturated rings. The molecule has 1 unspecified atom stereocenters. The second-order valence-electron chi connectivity index (χ2n) is 4.33. The molecule has 0 aromatic heterocycles. The molecule has 0 amide bonds. The molecule has 13 heavy (non-hydrogen) atoms. The van der Waals surface area contributed by atoms with Crippen LogP contribution in [0.2, 0.25) is 13.1 Å². The Kier molecular flexibility index (Phi) is 4.42. The van der Waals surface area contributed by atoms with Gasteiger partial charge in [0.1, 0.15) is 0 Å². The zero-order valence-corrected chi connectivity index (χ0v) is 10.00. The van der Waals surface area contributed by atoms with E-state index in [1.54, 1.807) is 0 Å². The fraction of sp³-hybridized carbons (Fsp3) is 1.00. The van der Waals surface area contributed by atoms with Crippen LogP contribution in [0.3, 0.4) is 0 Å². The fourth-order valence-corrected chi connectivity index (χ4v) is 4.20. The van der Waals surface area contributed by atoms with Gasteiger partial charge in [0, 0.05) is 6.61 Å². The summed E-state index contributed by atoms with van der Waals surface area (Å²) in [5.74, 6) is 0. The van der Waals surface area contributed by atoms with Gasteiger partial charge in [-0.15, -0.1) is 0 Å². The van der Waals surface area contributed by atoms with Gasteiger partial charge in [-0.25, -0.2) is 5.11 Å². The molecule has 0 N–H and O–H groups in total. The van der Waals surface area contributed by atoms with E-state index in [0.717, 1.165) is 19.4 Å². The Bertz CT molecular complexity index is 142. The monoisotopic (exact) mass is 201 g/mol. The first kappa shape index (κ1) is 11.2. The van der Waals surface area contributed by atoms with Gasteiger partial charge in [-0.05, 0) is 32.1 Å². The second-order valence-corrected chi connectivity index (χ2v) is 7.69. The van der Waals surface area contributed by atoms with Gasteiger partial charge in [-0.3, -0.25) is 0 Å². The highest BCUT2D eigenvalue weighted by Gasteiger charge is 2.36. The number of rotatable bonds is 4. The minimum Gasteiger partial charge on any atom is -0.379 e. The van der Waals surface area contributed by atoms with E-state index in [4.69, 9.17) is 4.74 Å². The molecule has 2 nitrogen and oxygen atoms in total. The van der Waals surface area contributed by atoms with Crippen LogP contribution in [0.25, 0.3) is 0 Å². The van der Waals surface area contributed by atoms with Crippen LogP contribution in [-0.4, -0.2) is 27.2 Å². The minimum absolute atomic E-state index is 0.0617. The predicted molar refractivity (Wildman–Crippen MR) is 56.2 cm³/mol. The largest absolute Gasteiger partial charge is 0.379 e. The Balaban J connectivity index is 2.51. The molecular weight excluding hydrogens is 180 g/mol. The summed E-state index contributed by atoms with van der Waals surface area (Å²) in [7, 11) is -0.780. The summed E-state index contributed by atoms with van der Waals surface area (Å²) in [6.07, 6.45) is 5.52. The third-order valence-corrected chi connectivity index (χ3v) is 6.03. The van der Waals surface area contributed by atoms with Gasteiger partial charge in [0.25, 0.3) is 0 Å². The highest BCUT2D eigenvalue weighted by molar-refractivity contribution is 6.59. The molecule has 1 aliphatic rings. The fourth-order valence-electron chi connectivity index (χ4n) is 2.19. The molecule has 1 heterocycles. The SMILES string of the molecule is C[SiH](C)C1(CCC[O])CCCCO1. The maximum atomic E-state index is 10.5. The smallest absolute Gasteiger partial charge is 0.0823 e. The first-order chi connectivity index (χ1) is 6.21. The van der Waals surface area contributed by atoms with Gasteiger partial charge >= 0.3 is 0 Å². The lowest BCUT2D eigenvalue weighted by molar-refractivity contribution is -0.0324. The highest BCUT2D eigenvalue weighted by atomic mass is 28.3. The third-order valence-electron chi connectivity index (χ3n) is 3.18. The van der Waals surface area contributed by atoms with E-state index in [-0.39, 0.29) is 11.8 Å². The lowest BCUT2D eigenvalue weighted by atomic mass is 10.0. The van der Waals surface area contributed by atoms with Crippen molar-refractivity contribution in [2.75, 3.05) is 13.2 Å². The van der Waals surface area contributed by atoms with E-state index in [1.807, 2.05) is 0 Å². The van der Waals surface area contributed by atoms with Gasteiger partial charge in [-0.2, -0.15) is 0 Å². The molecular formula is C10H21O2Si. The van der Waals surface area contributed by atoms with Crippen molar-refractivity contribution in [2.45, 2.75) is 50.4 Å². The summed E-state index contributed by atoms with van der Waals surface area (Å²) in [6, 6.07) is 0. The van der Waals surface area contributed by atoms with Gasteiger partial charge in [0.15, 0.2) is 0 Å². The lowest BCUT2D eigenvalue weighted by Gasteiger charge is -2.40. The summed E-state index contributed by atoms with van der Waals surface area (Å²) >= 11 is 0. The summed E-state index contributed by atoms with van der Waals surface area (Å²) < 4.78 is 5.95. The Hall–Kier alpha value is 0.137. The molecule has 0 aromatic carbocycles. The van der Waals surface area contributed by atoms with Crippen molar-refractivity contribution in [3.05, 3.63) is 0 Å². The Morgan fingerprint density at radius 1 is 1.38 bits per heavy atom. The van der Waals surface area contributed by atoms with Gasteiger partial charge < -0.3 is 4.74 Å². The van der Waals surface area contributed by atoms with E-state index in [2.05, 4.69) is 13.1 Å². The molecule has 0 spiro atoms. The zero-order chi connectivity index (χ0) is 9.73. The lowest BCUT2D eigenvalue weighted by Crippen LogP contribution is -2.47. The van der Waals surface area contributed by atoms with Crippen molar-refractivity contribution in [3.8, 4) is 0 Å².